The topological polar surface area (TPSA) is 68.0 Å². The molecule has 1 saturated carbocycles. The summed E-state index contributed by atoms with van der Waals surface area (Å²) in [6.45, 7) is 0. The minimum absolute atomic E-state index is 0.00997. The number of rotatable bonds is 2. The lowest BCUT2D eigenvalue weighted by Gasteiger charge is -2.26. The molecular weight excluding hydrogens is 258 g/mol. The molecule has 0 atom stereocenters. The number of aromatic nitrogens is 1. The largest absolute Gasteiger partial charge is 0.349 e. The van der Waals surface area contributed by atoms with Gasteiger partial charge in [-0.15, -0.1) is 11.3 Å². The molecule has 4 nitrogen and oxygen atoms in total. The van der Waals surface area contributed by atoms with Crippen LogP contribution in [0.1, 0.15) is 36.0 Å². The molecule has 0 unspecified atom stereocenters. The summed E-state index contributed by atoms with van der Waals surface area (Å²) >= 11 is 1.56. The monoisotopic (exact) mass is 275 g/mol. The van der Waals surface area contributed by atoms with Crippen LogP contribution in [-0.2, 0) is 0 Å². The third-order valence-corrected chi connectivity index (χ3v) is 4.49. The van der Waals surface area contributed by atoms with Crippen molar-refractivity contribution in [1.29, 1.82) is 0 Å². The molecule has 1 amide bonds. The maximum Gasteiger partial charge on any atom is 0.251 e. The number of nitrogens with one attached hydrogen (secondary N) is 1. The van der Waals surface area contributed by atoms with Gasteiger partial charge >= 0.3 is 0 Å². The van der Waals surface area contributed by atoms with Gasteiger partial charge in [0, 0.05) is 17.6 Å². The van der Waals surface area contributed by atoms with Gasteiger partial charge in [0.2, 0.25) is 0 Å². The van der Waals surface area contributed by atoms with Crippen LogP contribution in [0.2, 0.25) is 0 Å². The second-order valence-corrected chi connectivity index (χ2v) is 6.01. The maximum atomic E-state index is 12.2. The summed E-state index contributed by atoms with van der Waals surface area (Å²) < 4.78 is 1.05. The molecule has 3 N–H and O–H groups in total. The zero-order valence-corrected chi connectivity index (χ0v) is 11.5. The lowest BCUT2D eigenvalue weighted by atomic mass is 9.91. The van der Waals surface area contributed by atoms with Gasteiger partial charge in [0.15, 0.2) is 0 Å². The van der Waals surface area contributed by atoms with Crippen LogP contribution >= 0.6 is 11.3 Å². The highest BCUT2D eigenvalue weighted by Crippen LogP contribution is 2.20. The zero-order chi connectivity index (χ0) is 13.2. The number of fused-ring (bicyclic) bond motifs is 1. The minimum Gasteiger partial charge on any atom is -0.349 e. The molecule has 1 aromatic heterocycles. The molecule has 3 rings (SSSR count). The number of carbonyl (C=O) groups excluding carboxylic acids is 1. The Labute approximate surface area is 116 Å². The molecule has 1 aromatic carbocycles. The normalized spacial score (nSPS) is 23.4. The fourth-order valence-electron chi connectivity index (χ4n) is 2.53. The van der Waals surface area contributed by atoms with Gasteiger partial charge in [-0.2, -0.15) is 0 Å². The Morgan fingerprint density at radius 3 is 2.89 bits per heavy atom. The fraction of sp³-hybridized carbons (Fsp3) is 0.429. The maximum absolute atomic E-state index is 12.2. The van der Waals surface area contributed by atoms with E-state index in [4.69, 9.17) is 5.73 Å². The van der Waals surface area contributed by atoms with E-state index in [1.807, 2.05) is 18.2 Å². The van der Waals surface area contributed by atoms with E-state index in [1.165, 1.54) is 0 Å². The minimum atomic E-state index is 0.00997. The summed E-state index contributed by atoms with van der Waals surface area (Å²) in [5.74, 6) is 0.00997. The predicted octanol–water partition coefficient (Wildman–Crippen LogP) is 2.30. The standard InChI is InChI=1S/C14H17N3OS/c15-10-2-4-11(5-3-10)17-14(18)9-1-6-12-13(7-9)19-8-16-12/h1,6-8,10-11H,2-5,15H2,(H,17,18). The number of amides is 1. The fourth-order valence-corrected chi connectivity index (χ4v) is 3.24. The lowest BCUT2D eigenvalue weighted by Crippen LogP contribution is -2.40. The highest BCUT2D eigenvalue weighted by molar-refractivity contribution is 7.16. The molecule has 0 saturated heterocycles. The van der Waals surface area contributed by atoms with E-state index in [-0.39, 0.29) is 11.9 Å². The van der Waals surface area contributed by atoms with Crippen molar-refractivity contribution in [3.8, 4) is 0 Å². The molecule has 0 aliphatic heterocycles. The van der Waals surface area contributed by atoms with E-state index in [0.29, 0.717) is 11.6 Å². The summed E-state index contributed by atoms with van der Waals surface area (Å²) in [6, 6.07) is 6.23. The number of thiazole rings is 1. The van der Waals surface area contributed by atoms with Crippen molar-refractivity contribution in [2.45, 2.75) is 37.8 Å². The molecule has 1 heterocycles. The first-order valence-electron chi connectivity index (χ1n) is 6.62. The lowest BCUT2D eigenvalue weighted by molar-refractivity contribution is 0.0926. The van der Waals surface area contributed by atoms with E-state index in [2.05, 4.69) is 10.3 Å². The Morgan fingerprint density at radius 1 is 1.32 bits per heavy atom. The van der Waals surface area contributed by atoms with Crippen molar-refractivity contribution >= 4 is 27.5 Å². The van der Waals surface area contributed by atoms with Gasteiger partial charge in [-0.25, -0.2) is 4.98 Å². The van der Waals surface area contributed by atoms with E-state index in [9.17, 15) is 4.79 Å². The van der Waals surface area contributed by atoms with Gasteiger partial charge in [-0.3, -0.25) is 4.79 Å². The molecular formula is C14H17N3OS. The quantitative estimate of drug-likeness (QED) is 0.883. The van der Waals surface area contributed by atoms with Crippen LogP contribution in [0, 0.1) is 0 Å². The Hall–Kier alpha value is -1.46. The Kier molecular flexibility index (Phi) is 3.48. The van der Waals surface area contributed by atoms with Crippen molar-refractivity contribution in [2.24, 2.45) is 5.73 Å². The molecule has 1 aliphatic carbocycles. The summed E-state index contributed by atoms with van der Waals surface area (Å²) in [4.78, 5) is 16.4. The number of nitrogens with two attached hydrogens (primary N) is 1. The summed E-state index contributed by atoms with van der Waals surface area (Å²) in [5.41, 5.74) is 9.34. The van der Waals surface area contributed by atoms with Crippen LogP contribution < -0.4 is 11.1 Å². The number of hydrogen-bond donors (Lipinski definition) is 2. The number of benzene rings is 1. The van der Waals surface area contributed by atoms with Gasteiger partial charge in [0.05, 0.1) is 15.7 Å². The van der Waals surface area contributed by atoms with Crippen molar-refractivity contribution in [1.82, 2.24) is 10.3 Å². The molecule has 0 bridgehead atoms. The van der Waals surface area contributed by atoms with Crippen molar-refractivity contribution in [3.63, 3.8) is 0 Å². The molecule has 1 fully saturated rings. The predicted molar refractivity (Wildman–Crippen MR) is 77.3 cm³/mol. The van der Waals surface area contributed by atoms with Gasteiger partial charge in [0.1, 0.15) is 0 Å². The van der Waals surface area contributed by atoms with Crippen LogP contribution in [-0.4, -0.2) is 23.0 Å². The van der Waals surface area contributed by atoms with Gasteiger partial charge in [-0.05, 0) is 43.9 Å². The second kappa shape index (κ2) is 5.27. The van der Waals surface area contributed by atoms with Crippen molar-refractivity contribution < 1.29 is 4.79 Å². The number of carbonyl (C=O) groups is 1. The molecule has 100 valence electrons. The smallest absolute Gasteiger partial charge is 0.251 e. The molecule has 19 heavy (non-hydrogen) atoms. The first-order valence-corrected chi connectivity index (χ1v) is 7.50. The first kappa shape index (κ1) is 12.6. The van der Waals surface area contributed by atoms with Crippen molar-refractivity contribution in [2.75, 3.05) is 0 Å². The summed E-state index contributed by atoms with van der Waals surface area (Å²) in [6.07, 6.45) is 3.96. The Bertz CT molecular complexity index is 587. The highest BCUT2D eigenvalue weighted by atomic mass is 32.1. The first-order chi connectivity index (χ1) is 9.22. The molecule has 0 spiro atoms. The third-order valence-electron chi connectivity index (χ3n) is 3.70. The van der Waals surface area contributed by atoms with E-state index in [0.717, 1.165) is 35.9 Å². The van der Waals surface area contributed by atoms with Crippen molar-refractivity contribution in [3.05, 3.63) is 29.3 Å². The van der Waals surface area contributed by atoms with Crippen LogP contribution in [0.15, 0.2) is 23.7 Å². The number of hydrogen-bond acceptors (Lipinski definition) is 4. The van der Waals surface area contributed by atoms with Crippen LogP contribution in [0.4, 0.5) is 0 Å². The van der Waals surface area contributed by atoms with E-state index in [1.54, 1.807) is 16.8 Å². The Balaban J connectivity index is 1.69. The molecule has 0 radical (unpaired) electrons. The third kappa shape index (κ3) is 2.77. The average Bonchev–Trinajstić information content (AvgIpc) is 2.88. The number of nitrogens with zero attached hydrogens (tertiary/aromatic N) is 1. The van der Waals surface area contributed by atoms with Crippen LogP contribution in [0.25, 0.3) is 10.2 Å². The highest BCUT2D eigenvalue weighted by Gasteiger charge is 2.20. The summed E-state index contributed by atoms with van der Waals surface area (Å²) in [5, 5.41) is 3.10. The molecule has 5 heteroatoms. The van der Waals surface area contributed by atoms with E-state index < -0.39 is 0 Å². The van der Waals surface area contributed by atoms with Gasteiger partial charge < -0.3 is 11.1 Å². The van der Waals surface area contributed by atoms with Crippen LogP contribution in [0.5, 0.6) is 0 Å². The van der Waals surface area contributed by atoms with Crippen LogP contribution in [0.3, 0.4) is 0 Å². The van der Waals surface area contributed by atoms with Gasteiger partial charge in [-0.1, -0.05) is 0 Å². The molecule has 2 aromatic rings. The second-order valence-electron chi connectivity index (χ2n) is 5.12. The average molecular weight is 275 g/mol. The molecule has 1 aliphatic rings. The SMILES string of the molecule is NC1CCC(NC(=O)c2ccc3ncsc3c2)CC1. The van der Waals surface area contributed by atoms with E-state index >= 15 is 0 Å². The van der Waals surface area contributed by atoms with Gasteiger partial charge in [0.25, 0.3) is 5.91 Å². The summed E-state index contributed by atoms with van der Waals surface area (Å²) in [7, 11) is 0. The Morgan fingerprint density at radius 2 is 2.11 bits per heavy atom. The zero-order valence-electron chi connectivity index (χ0n) is 10.6.